The third kappa shape index (κ3) is 4.20. The Kier molecular flexibility index (Phi) is 5.55. The van der Waals surface area contributed by atoms with Gasteiger partial charge in [-0.3, -0.25) is 10.1 Å². The van der Waals surface area contributed by atoms with Crippen molar-refractivity contribution in [1.82, 2.24) is 9.97 Å². The van der Waals surface area contributed by atoms with Crippen molar-refractivity contribution in [3.05, 3.63) is 99.8 Å². The van der Waals surface area contributed by atoms with E-state index in [1.54, 1.807) is 0 Å². The number of nitrogens with zero attached hydrogens (tertiary/aromatic N) is 2. The van der Waals surface area contributed by atoms with Gasteiger partial charge in [-0.2, -0.15) is 0 Å². The minimum Gasteiger partial charge on any atom is -0.298 e. The summed E-state index contributed by atoms with van der Waals surface area (Å²) >= 11 is 4.86. The van der Waals surface area contributed by atoms with Crippen molar-refractivity contribution in [3.63, 3.8) is 0 Å². The number of rotatable bonds is 4. The smallest absolute Gasteiger partial charge is 0.258 e. The maximum Gasteiger partial charge on any atom is 0.258 e. The largest absolute Gasteiger partial charge is 0.298 e. The number of para-hydroxylation sites is 1. The fourth-order valence-electron chi connectivity index (χ4n) is 3.56. The molecule has 0 fully saturated rings. The highest BCUT2D eigenvalue weighted by Crippen LogP contribution is 2.29. The van der Waals surface area contributed by atoms with E-state index in [1.165, 1.54) is 11.3 Å². The maximum atomic E-state index is 13.3. The number of halogens is 1. The van der Waals surface area contributed by atoms with E-state index in [0.717, 1.165) is 43.5 Å². The molecule has 0 aliphatic carbocycles. The first-order valence-electron chi connectivity index (χ1n) is 10.1. The molecule has 0 atom stereocenters. The van der Waals surface area contributed by atoms with Gasteiger partial charge in [-0.1, -0.05) is 70.0 Å². The fraction of sp³-hybridized carbons (Fsp3) is 0.0385. The minimum atomic E-state index is -0.200. The van der Waals surface area contributed by atoms with Crippen LogP contribution in [0, 0.1) is 6.92 Å². The van der Waals surface area contributed by atoms with E-state index < -0.39 is 0 Å². The zero-order chi connectivity index (χ0) is 22.1. The topological polar surface area (TPSA) is 54.9 Å². The van der Waals surface area contributed by atoms with Gasteiger partial charge in [-0.25, -0.2) is 9.97 Å². The summed E-state index contributed by atoms with van der Waals surface area (Å²) in [6.07, 6.45) is 0. The van der Waals surface area contributed by atoms with Crippen molar-refractivity contribution in [3.8, 4) is 22.5 Å². The Bertz CT molecular complexity index is 1440. The average Bonchev–Trinajstić information content (AvgIpc) is 3.27. The molecule has 1 amide bonds. The number of benzene rings is 3. The molecule has 6 heteroatoms. The van der Waals surface area contributed by atoms with Crippen LogP contribution in [0.5, 0.6) is 0 Å². The van der Waals surface area contributed by atoms with Crippen LogP contribution in [-0.2, 0) is 0 Å². The summed E-state index contributed by atoms with van der Waals surface area (Å²) in [6, 6.07) is 25.6. The third-order valence-corrected chi connectivity index (χ3v) is 6.43. The zero-order valence-corrected chi connectivity index (χ0v) is 19.6. The molecule has 0 spiro atoms. The number of hydrogen-bond acceptors (Lipinski definition) is 4. The number of aromatic nitrogens is 2. The first-order valence-corrected chi connectivity index (χ1v) is 11.7. The molecule has 0 saturated heterocycles. The molecule has 5 aromatic rings. The van der Waals surface area contributed by atoms with Gasteiger partial charge < -0.3 is 0 Å². The first kappa shape index (κ1) is 20.5. The van der Waals surface area contributed by atoms with Crippen LogP contribution < -0.4 is 5.32 Å². The number of carbonyl (C=O) groups is 1. The van der Waals surface area contributed by atoms with Crippen molar-refractivity contribution in [2.75, 3.05) is 5.32 Å². The van der Waals surface area contributed by atoms with Gasteiger partial charge in [0, 0.05) is 26.4 Å². The second kappa shape index (κ2) is 8.65. The second-order valence-corrected chi connectivity index (χ2v) is 9.21. The van der Waals surface area contributed by atoms with Crippen LogP contribution in [0.1, 0.15) is 15.9 Å². The number of pyridine rings is 1. The molecule has 5 rings (SSSR count). The van der Waals surface area contributed by atoms with Crippen molar-refractivity contribution in [2.45, 2.75) is 6.92 Å². The number of hydrogen-bond donors (Lipinski definition) is 1. The van der Waals surface area contributed by atoms with Crippen molar-refractivity contribution in [2.24, 2.45) is 0 Å². The molecule has 0 saturated carbocycles. The molecule has 3 aromatic carbocycles. The van der Waals surface area contributed by atoms with Gasteiger partial charge in [0.1, 0.15) is 0 Å². The highest BCUT2D eigenvalue weighted by atomic mass is 79.9. The number of anilines is 1. The highest BCUT2D eigenvalue weighted by Gasteiger charge is 2.16. The van der Waals surface area contributed by atoms with Crippen molar-refractivity contribution >= 4 is 49.2 Å². The maximum absolute atomic E-state index is 13.3. The summed E-state index contributed by atoms with van der Waals surface area (Å²) in [4.78, 5) is 22.7. The molecule has 0 aliphatic heterocycles. The number of aryl methyl sites for hydroxylation is 1. The number of amides is 1. The van der Waals surface area contributed by atoms with Crippen molar-refractivity contribution in [1.29, 1.82) is 0 Å². The summed E-state index contributed by atoms with van der Waals surface area (Å²) in [6.45, 7) is 2.05. The van der Waals surface area contributed by atoms with Gasteiger partial charge in [-0.05, 0) is 37.3 Å². The lowest BCUT2D eigenvalue weighted by molar-refractivity contribution is 0.102. The quantitative estimate of drug-likeness (QED) is 0.281. The Morgan fingerprint density at radius 1 is 0.875 bits per heavy atom. The number of fused-ring (bicyclic) bond motifs is 1. The van der Waals surface area contributed by atoms with Crippen LogP contribution in [0.2, 0.25) is 0 Å². The number of nitrogens with one attached hydrogen (secondary N) is 1. The molecule has 4 nitrogen and oxygen atoms in total. The van der Waals surface area contributed by atoms with Gasteiger partial charge in [0.25, 0.3) is 5.91 Å². The minimum absolute atomic E-state index is 0.200. The van der Waals surface area contributed by atoms with Crippen LogP contribution in [0.15, 0.2) is 88.7 Å². The summed E-state index contributed by atoms with van der Waals surface area (Å²) < 4.78 is 1.01. The van der Waals surface area contributed by atoms with E-state index in [9.17, 15) is 4.79 Å². The van der Waals surface area contributed by atoms with E-state index in [4.69, 9.17) is 4.98 Å². The Balaban J connectivity index is 1.50. The van der Waals surface area contributed by atoms with Crippen LogP contribution in [0.25, 0.3) is 33.4 Å². The fourth-order valence-corrected chi connectivity index (χ4v) is 4.54. The van der Waals surface area contributed by atoms with E-state index in [0.29, 0.717) is 10.7 Å². The Labute approximate surface area is 198 Å². The molecular formula is C26H18BrN3OS. The summed E-state index contributed by atoms with van der Waals surface area (Å²) in [7, 11) is 0. The van der Waals surface area contributed by atoms with Crippen LogP contribution >= 0.6 is 27.3 Å². The normalized spacial score (nSPS) is 10.9. The van der Waals surface area contributed by atoms with Gasteiger partial charge in [0.05, 0.1) is 22.5 Å². The highest BCUT2D eigenvalue weighted by molar-refractivity contribution is 9.10. The van der Waals surface area contributed by atoms with Gasteiger partial charge in [0.2, 0.25) is 0 Å². The zero-order valence-electron chi connectivity index (χ0n) is 17.2. The van der Waals surface area contributed by atoms with Crippen LogP contribution in [0.4, 0.5) is 5.13 Å². The molecule has 0 aliphatic rings. The molecule has 0 bridgehead atoms. The Morgan fingerprint density at radius 3 is 2.50 bits per heavy atom. The van der Waals surface area contributed by atoms with Crippen molar-refractivity contribution < 1.29 is 4.79 Å². The second-order valence-electron chi connectivity index (χ2n) is 7.44. The van der Waals surface area contributed by atoms with E-state index >= 15 is 0 Å². The standard InChI is InChI=1S/C26H18BrN3OS/c1-16-5-4-6-18(13-16)23-14-21(20-7-2-3-8-22(20)28-23)25(31)30-26-29-24(15-32-26)17-9-11-19(27)12-10-17/h2-15H,1H3,(H,29,30,31). The van der Waals surface area contributed by atoms with Crippen LogP contribution in [0.3, 0.4) is 0 Å². The third-order valence-electron chi connectivity index (χ3n) is 5.14. The number of carbonyl (C=O) groups excluding carboxylic acids is 1. The predicted octanol–water partition coefficient (Wildman–Crippen LogP) is 7.35. The first-order chi connectivity index (χ1) is 15.6. The molecule has 0 radical (unpaired) electrons. The summed E-state index contributed by atoms with van der Waals surface area (Å²) in [5, 5.41) is 6.29. The van der Waals surface area contributed by atoms with E-state index in [-0.39, 0.29) is 5.91 Å². The molecule has 32 heavy (non-hydrogen) atoms. The lowest BCUT2D eigenvalue weighted by Gasteiger charge is -2.10. The lowest BCUT2D eigenvalue weighted by atomic mass is 10.0. The molecule has 1 N–H and O–H groups in total. The van der Waals surface area contributed by atoms with Gasteiger partial charge in [0.15, 0.2) is 5.13 Å². The monoisotopic (exact) mass is 499 g/mol. The molecule has 2 heterocycles. The van der Waals surface area contributed by atoms with Gasteiger partial charge in [-0.15, -0.1) is 11.3 Å². The Morgan fingerprint density at radius 2 is 1.69 bits per heavy atom. The Hall–Kier alpha value is -3.35. The molecule has 156 valence electrons. The average molecular weight is 500 g/mol. The van der Waals surface area contributed by atoms with Crippen LogP contribution in [-0.4, -0.2) is 15.9 Å². The molecule has 2 aromatic heterocycles. The number of thiazole rings is 1. The summed E-state index contributed by atoms with van der Waals surface area (Å²) in [5.41, 5.74) is 6.09. The molecule has 0 unspecified atom stereocenters. The van der Waals surface area contributed by atoms with E-state index in [2.05, 4.69) is 32.3 Å². The SMILES string of the molecule is Cc1cccc(-c2cc(C(=O)Nc3nc(-c4ccc(Br)cc4)cs3)c3ccccc3n2)c1. The predicted molar refractivity (Wildman–Crippen MR) is 135 cm³/mol. The van der Waals surface area contributed by atoms with E-state index in [1.807, 2.05) is 85.1 Å². The lowest BCUT2D eigenvalue weighted by Crippen LogP contribution is -2.13. The van der Waals surface area contributed by atoms with Gasteiger partial charge >= 0.3 is 0 Å². The summed E-state index contributed by atoms with van der Waals surface area (Å²) in [5.74, 6) is -0.200. The molecular weight excluding hydrogens is 482 g/mol.